The molecule has 0 amide bonds. The van der Waals surface area contributed by atoms with Gasteiger partial charge in [-0.2, -0.15) is 5.10 Å². The molecule has 2 aliphatic rings. The van der Waals surface area contributed by atoms with E-state index in [-0.39, 0.29) is 6.04 Å². The van der Waals surface area contributed by atoms with Crippen molar-refractivity contribution in [3.63, 3.8) is 0 Å². The van der Waals surface area contributed by atoms with Crippen molar-refractivity contribution in [1.29, 1.82) is 0 Å². The number of nitrogens with zero attached hydrogens (tertiary/aromatic N) is 5. The van der Waals surface area contributed by atoms with Gasteiger partial charge in [-0.25, -0.2) is 4.99 Å². The maximum absolute atomic E-state index is 4.72. The fourth-order valence-corrected chi connectivity index (χ4v) is 4.02. The van der Waals surface area contributed by atoms with Crippen molar-refractivity contribution in [1.82, 2.24) is 14.7 Å². The van der Waals surface area contributed by atoms with Crippen molar-refractivity contribution < 1.29 is 0 Å². The first-order valence-corrected chi connectivity index (χ1v) is 8.96. The Morgan fingerprint density at radius 3 is 3.12 bits per heavy atom. The molecule has 2 aromatic heterocycles. The molecule has 1 atom stereocenters. The Bertz CT molecular complexity index is 1040. The van der Waals surface area contributed by atoms with Crippen LogP contribution in [-0.2, 0) is 7.05 Å². The monoisotopic (exact) mass is 348 g/mol. The molecule has 7 heteroatoms. The molecule has 3 aromatic rings. The quantitative estimate of drug-likeness (QED) is 0.772. The van der Waals surface area contributed by atoms with Crippen LogP contribution < -0.4 is 5.32 Å². The lowest BCUT2D eigenvalue weighted by Crippen LogP contribution is -2.37. The van der Waals surface area contributed by atoms with E-state index in [1.54, 1.807) is 11.3 Å². The second-order valence-corrected chi connectivity index (χ2v) is 7.06. The molecule has 1 aromatic carbocycles. The third kappa shape index (κ3) is 2.44. The molecule has 0 spiro atoms. The molecule has 2 aliphatic heterocycles. The highest BCUT2D eigenvalue weighted by atomic mass is 32.1. The van der Waals surface area contributed by atoms with Crippen molar-refractivity contribution in [2.75, 3.05) is 11.9 Å². The third-order valence-electron chi connectivity index (χ3n) is 4.46. The van der Waals surface area contributed by atoms with Crippen LogP contribution in [0.3, 0.4) is 0 Å². The lowest BCUT2D eigenvalue weighted by atomic mass is 10.1. The summed E-state index contributed by atoms with van der Waals surface area (Å²) in [7, 11) is 1.93. The smallest absolute Gasteiger partial charge is 0.173 e. The zero-order chi connectivity index (χ0) is 16.8. The van der Waals surface area contributed by atoms with Crippen LogP contribution in [0.5, 0.6) is 0 Å². The fraction of sp³-hybridized carbons (Fsp3) is 0.167. The zero-order valence-corrected chi connectivity index (χ0v) is 14.4. The number of hydrogen-bond acceptors (Lipinski definition) is 6. The normalized spacial score (nSPS) is 19.1. The van der Waals surface area contributed by atoms with Crippen molar-refractivity contribution in [3.8, 4) is 0 Å². The van der Waals surface area contributed by atoms with Gasteiger partial charge in [0.25, 0.3) is 0 Å². The number of anilines is 1. The third-order valence-corrected chi connectivity index (χ3v) is 5.36. The van der Waals surface area contributed by atoms with Crippen LogP contribution >= 0.6 is 11.3 Å². The number of nitrogens with one attached hydrogen (secondary N) is 1. The Balaban J connectivity index is 1.41. The maximum atomic E-state index is 4.72. The first kappa shape index (κ1) is 14.4. The van der Waals surface area contributed by atoms with Gasteiger partial charge in [0.05, 0.1) is 18.8 Å². The van der Waals surface area contributed by atoms with E-state index in [2.05, 4.69) is 50.0 Å². The molecule has 0 radical (unpaired) electrons. The molecule has 0 saturated heterocycles. The molecule has 25 heavy (non-hydrogen) atoms. The van der Waals surface area contributed by atoms with Crippen LogP contribution in [0.4, 0.5) is 5.69 Å². The largest absolute Gasteiger partial charge is 0.337 e. The summed E-state index contributed by atoms with van der Waals surface area (Å²) in [4.78, 5) is 11.4. The predicted octanol–water partition coefficient (Wildman–Crippen LogP) is 3.39. The zero-order valence-electron chi connectivity index (χ0n) is 13.6. The van der Waals surface area contributed by atoms with Crippen LogP contribution in [0.15, 0.2) is 64.4 Å². The van der Waals surface area contributed by atoms with E-state index in [0.717, 1.165) is 22.9 Å². The first-order valence-electron chi connectivity index (χ1n) is 8.08. The van der Waals surface area contributed by atoms with Crippen molar-refractivity contribution >= 4 is 38.8 Å². The number of thiophene rings is 1. The maximum Gasteiger partial charge on any atom is 0.173 e. The molecule has 6 nitrogen and oxygen atoms in total. The Morgan fingerprint density at radius 2 is 2.24 bits per heavy atom. The molecule has 0 bridgehead atoms. The summed E-state index contributed by atoms with van der Waals surface area (Å²) < 4.78 is 3.11. The van der Waals surface area contributed by atoms with Gasteiger partial charge in [0.15, 0.2) is 11.7 Å². The van der Waals surface area contributed by atoms with Gasteiger partial charge in [0.2, 0.25) is 0 Å². The lowest BCUT2D eigenvalue weighted by Gasteiger charge is -2.26. The number of hydrogen-bond donors (Lipinski definition) is 1. The number of rotatable bonds is 2. The number of aryl methyl sites for hydroxylation is 1. The fourth-order valence-electron chi connectivity index (χ4n) is 3.25. The second-order valence-electron chi connectivity index (χ2n) is 6.11. The van der Waals surface area contributed by atoms with Crippen molar-refractivity contribution in [3.05, 3.63) is 60.0 Å². The van der Waals surface area contributed by atoms with E-state index in [1.165, 1.54) is 10.1 Å². The van der Waals surface area contributed by atoms with Gasteiger partial charge >= 0.3 is 0 Å². The van der Waals surface area contributed by atoms with Crippen molar-refractivity contribution in [2.45, 2.75) is 6.04 Å². The van der Waals surface area contributed by atoms with Crippen molar-refractivity contribution in [2.24, 2.45) is 17.0 Å². The average Bonchev–Trinajstić information content (AvgIpc) is 3.33. The van der Waals surface area contributed by atoms with Crippen LogP contribution in [0.1, 0.15) is 11.6 Å². The van der Waals surface area contributed by atoms with E-state index in [0.29, 0.717) is 6.54 Å². The number of benzene rings is 1. The van der Waals surface area contributed by atoms with E-state index >= 15 is 0 Å². The molecule has 0 fully saturated rings. The summed E-state index contributed by atoms with van der Waals surface area (Å²) in [6, 6.07) is 8.66. The first-order chi connectivity index (χ1) is 12.3. The molecule has 0 aliphatic carbocycles. The Labute approximate surface area is 148 Å². The van der Waals surface area contributed by atoms with E-state index in [4.69, 9.17) is 4.99 Å². The summed E-state index contributed by atoms with van der Waals surface area (Å²) in [6.45, 7) is 0.704. The van der Waals surface area contributed by atoms with Gasteiger partial charge in [-0.1, -0.05) is 0 Å². The average molecular weight is 348 g/mol. The lowest BCUT2D eigenvalue weighted by molar-refractivity contribution is 0.458. The molecular weight excluding hydrogens is 332 g/mol. The summed E-state index contributed by atoms with van der Waals surface area (Å²) in [6.07, 6.45) is 7.75. The standard InChI is InChI=1S/C18H16N6S/c1-23-11-13(9-21-23)15-10-20-18-17(19-5-6-24(15)18)22-14-2-3-16-12(8-14)4-7-25-16/h2-9,11,15H,10H2,1H3,(H,19,22). The van der Waals surface area contributed by atoms with Crippen LogP contribution in [-0.4, -0.2) is 32.9 Å². The van der Waals surface area contributed by atoms with E-state index in [1.807, 2.05) is 36.5 Å². The predicted molar refractivity (Wildman–Crippen MR) is 102 cm³/mol. The number of amidine groups is 2. The highest BCUT2D eigenvalue weighted by Gasteiger charge is 2.32. The van der Waals surface area contributed by atoms with Crippen LogP contribution in [0.2, 0.25) is 0 Å². The molecule has 0 saturated carbocycles. The minimum Gasteiger partial charge on any atom is -0.337 e. The topological polar surface area (TPSA) is 57.8 Å². The number of fused-ring (bicyclic) bond motifs is 2. The molecule has 124 valence electrons. The van der Waals surface area contributed by atoms with Gasteiger partial charge in [0, 0.05) is 41.6 Å². The Kier molecular flexibility index (Phi) is 3.21. The summed E-state index contributed by atoms with van der Waals surface area (Å²) in [5, 5.41) is 11.0. The minimum atomic E-state index is 0.173. The summed E-state index contributed by atoms with van der Waals surface area (Å²) in [5.74, 6) is 1.66. The van der Waals surface area contributed by atoms with E-state index < -0.39 is 0 Å². The Morgan fingerprint density at radius 1 is 1.28 bits per heavy atom. The van der Waals surface area contributed by atoms with E-state index in [9.17, 15) is 0 Å². The number of aromatic nitrogens is 2. The molecule has 4 heterocycles. The SMILES string of the molecule is Cn1cc(C2CN=C3C(Nc4ccc5sccc5c4)=NC=CN32)cn1. The molecule has 1 unspecified atom stereocenters. The second kappa shape index (κ2) is 5.56. The molecule has 5 rings (SSSR count). The van der Waals surface area contributed by atoms with Crippen LogP contribution in [0, 0.1) is 0 Å². The van der Waals surface area contributed by atoms with Gasteiger partial charge in [0.1, 0.15) is 0 Å². The van der Waals surface area contributed by atoms with Gasteiger partial charge < -0.3 is 10.2 Å². The highest BCUT2D eigenvalue weighted by Crippen LogP contribution is 2.29. The number of aliphatic imine (C=N–C) groups is 2. The Hall–Kier alpha value is -2.93. The summed E-state index contributed by atoms with van der Waals surface area (Å²) in [5.41, 5.74) is 2.18. The van der Waals surface area contributed by atoms with Crippen LogP contribution in [0.25, 0.3) is 10.1 Å². The van der Waals surface area contributed by atoms with Gasteiger partial charge in [-0.15, -0.1) is 11.3 Å². The summed E-state index contributed by atoms with van der Waals surface area (Å²) >= 11 is 1.75. The molecule has 1 N–H and O–H groups in total. The highest BCUT2D eigenvalue weighted by molar-refractivity contribution is 7.17. The van der Waals surface area contributed by atoms with Gasteiger partial charge in [-0.05, 0) is 35.0 Å². The minimum absolute atomic E-state index is 0.173. The molecular formula is C18H16N6S. The van der Waals surface area contributed by atoms with Gasteiger partial charge in [-0.3, -0.25) is 9.67 Å².